The first-order valence-electron chi connectivity index (χ1n) is 8.31. The fraction of sp³-hybridized carbons (Fsp3) is 1.00. The van der Waals surface area contributed by atoms with Crippen LogP contribution in [0.1, 0.15) is 54.4 Å². The molecule has 1 saturated heterocycles. The van der Waals surface area contributed by atoms with Crippen LogP contribution in [0.4, 0.5) is 0 Å². The maximum absolute atomic E-state index is 5.83. The molecule has 0 aromatic heterocycles. The van der Waals surface area contributed by atoms with E-state index in [2.05, 4.69) is 51.8 Å². The summed E-state index contributed by atoms with van der Waals surface area (Å²) in [4.78, 5) is 2.60. The molecule has 20 heavy (non-hydrogen) atoms. The molecule has 1 unspecified atom stereocenters. The van der Waals surface area contributed by atoms with Gasteiger partial charge in [-0.3, -0.25) is 0 Å². The second-order valence-electron chi connectivity index (χ2n) is 7.98. The van der Waals surface area contributed by atoms with Crippen LogP contribution >= 0.6 is 0 Å². The molecule has 3 nitrogen and oxygen atoms in total. The van der Waals surface area contributed by atoms with Gasteiger partial charge in [-0.25, -0.2) is 0 Å². The van der Waals surface area contributed by atoms with Gasteiger partial charge >= 0.3 is 0 Å². The van der Waals surface area contributed by atoms with Crippen molar-refractivity contribution in [3.63, 3.8) is 0 Å². The normalized spacial score (nSPS) is 24.6. The first-order valence-corrected chi connectivity index (χ1v) is 8.31. The first-order chi connectivity index (χ1) is 9.26. The second kappa shape index (κ2) is 7.77. The maximum Gasteiger partial charge on any atom is 0.0546 e. The fourth-order valence-electron chi connectivity index (χ4n) is 2.98. The molecule has 1 rings (SSSR count). The monoisotopic (exact) mass is 284 g/mol. The highest BCUT2D eigenvalue weighted by atomic mass is 16.5. The molecule has 0 aromatic rings. The molecule has 0 bridgehead atoms. The van der Waals surface area contributed by atoms with E-state index in [9.17, 15) is 0 Å². The molecule has 0 amide bonds. The van der Waals surface area contributed by atoms with Gasteiger partial charge in [0, 0.05) is 37.2 Å². The summed E-state index contributed by atoms with van der Waals surface area (Å²) < 4.78 is 5.83. The molecule has 1 fully saturated rings. The van der Waals surface area contributed by atoms with Crippen molar-refractivity contribution < 1.29 is 4.74 Å². The van der Waals surface area contributed by atoms with Crippen LogP contribution in [0.2, 0.25) is 0 Å². The summed E-state index contributed by atoms with van der Waals surface area (Å²) in [6.07, 6.45) is 2.48. The molecule has 120 valence electrons. The molecule has 1 N–H and O–H groups in total. The Balaban J connectivity index is 2.66. The van der Waals surface area contributed by atoms with Gasteiger partial charge in [-0.2, -0.15) is 0 Å². The summed E-state index contributed by atoms with van der Waals surface area (Å²) in [6, 6.07) is 0. The third kappa shape index (κ3) is 6.55. The van der Waals surface area contributed by atoms with Gasteiger partial charge < -0.3 is 15.0 Å². The van der Waals surface area contributed by atoms with E-state index < -0.39 is 0 Å². The van der Waals surface area contributed by atoms with Crippen molar-refractivity contribution in [2.75, 3.05) is 39.4 Å². The van der Waals surface area contributed by atoms with Crippen LogP contribution in [-0.2, 0) is 4.74 Å². The molecule has 0 aromatic carbocycles. The zero-order chi connectivity index (χ0) is 15.2. The van der Waals surface area contributed by atoms with E-state index in [-0.39, 0.29) is 11.0 Å². The Morgan fingerprint density at radius 2 is 2.00 bits per heavy atom. The van der Waals surface area contributed by atoms with Gasteiger partial charge in [0.1, 0.15) is 0 Å². The van der Waals surface area contributed by atoms with Gasteiger partial charge in [0.05, 0.1) is 6.61 Å². The van der Waals surface area contributed by atoms with E-state index in [0.717, 1.165) is 38.8 Å². The van der Waals surface area contributed by atoms with E-state index in [1.807, 2.05) is 0 Å². The van der Waals surface area contributed by atoms with Crippen molar-refractivity contribution in [3.8, 4) is 0 Å². The van der Waals surface area contributed by atoms with E-state index in [1.165, 1.54) is 19.4 Å². The van der Waals surface area contributed by atoms with E-state index in [4.69, 9.17) is 4.74 Å². The lowest BCUT2D eigenvalue weighted by atomic mass is 9.81. The van der Waals surface area contributed by atoms with Crippen molar-refractivity contribution in [1.82, 2.24) is 10.2 Å². The minimum absolute atomic E-state index is 0.180. The molecular formula is C17H36N2O. The summed E-state index contributed by atoms with van der Waals surface area (Å²) in [6.45, 7) is 20.0. The highest BCUT2D eigenvalue weighted by molar-refractivity contribution is 4.89. The summed E-state index contributed by atoms with van der Waals surface area (Å²) >= 11 is 0. The van der Waals surface area contributed by atoms with E-state index in [0.29, 0.717) is 0 Å². The Labute approximate surface area is 126 Å². The lowest BCUT2D eigenvalue weighted by molar-refractivity contribution is -0.0295. The Bertz CT molecular complexity index is 265. The highest BCUT2D eigenvalue weighted by Gasteiger charge is 2.35. The van der Waals surface area contributed by atoms with Crippen LogP contribution in [0, 0.1) is 11.3 Å². The van der Waals surface area contributed by atoms with Crippen LogP contribution < -0.4 is 5.32 Å². The Hall–Kier alpha value is -0.120. The number of hydrogen-bond acceptors (Lipinski definition) is 3. The summed E-state index contributed by atoms with van der Waals surface area (Å²) in [5.41, 5.74) is 0.468. The lowest BCUT2D eigenvalue weighted by Gasteiger charge is -2.42. The predicted molar refractivity (Wildman–Crippen MR) is 87.2 cm³/mol. The van der Waals surface area contributed by atoms with E-state index >= 15 is 0 Å². The topological polar surface area (TPSA) is 24.5 Å². The number of rotatable bonds is 7. The largest absolute Gasteiger partial charge is 0.381 e. The fourth-order valence-corrected chi connectivity index (χ4v) is 2.98. The minimum Gasteiger partial charge on any atom is -0.381 e. The highest BCUT2D eigenvalue weighted by Crippen LogP contribution is 2.30. The zero-order valence-corrected chi connectivity index (χ0v) is 14.6. The van der Waals surface area contributed by atoms with Gasteiger partial charge in [-0.15, -0.1) is 0 Å². The van der Waals surface area contributed by atoms with Crippen LogP contribution in [0.3, 0.4) is 0 Å². The first kappa shape index (κ1) is 17.9. The Kier molecular flexibility index (Phi) is 6.96. The van der Waals surface area contributed by atoms with Crippen molar-refractivity contribution in [1.29, 1.82) is 0 Å². The quantitative estimate of drug-likeness (QED) is 0.777. The zero-order valence-electron chi connectivity index (χ0n) is 14.6. The SMILES string of the molecule is CCN(CC(C)C)CC1(CNC(C)(C)C)CCCOC1. The molecule has 0 spiro atoms. The van der Waals surface area contributed by atoms with Gasteiger partial charge in [0.25, 0.3) is 0 Å². The van der Waals surface area contributed by atoms with Gasteiger partial charge in [-0.1, -0.05) is 20.8 Å². The van der Waals surface area contributed by atoms with E-state index in [1.54, 1.807) is 0 Å². The van der Waals surface area contributed by atoms with Crippen LogP contribution in [0.5, 0.6) is 0 Å². The average molecular weight is 284 g/mol. The van der Waals surface area contributed by atoms with Crippen LogP contribution in [0.15, 0.2) is 0 Å². The minimum atomic E-state index is 0.180. The number of nitrogens with zero attached hydrogens (tertiary/aromatic N) is 1. The third-order valence-corrected chi connectivity index (χ3v) is 4.03. The summed E-state index contributed by atoms with van der Waals surface area (Å²) in [5.74, 6) is 0.729. The van der Waals surface area contributed by atoms with Crippen molar-refractivity contribution in [2.45, 2.75) is 59.9 Å². The third-order valence-electron chi connectivity index (χ3n) is 4.03. The number of ether oxygens (including phenoxy) is 1. The maximum atomic E-state index is 5.83. The predicted octanol–water partition coefficient (Wildman–Crippen LogP) is 3.15. The standard InChI is InChI=1S/C17H36N2O/c1-7-19(11-15(2)3)13-17(9-8-10-20-14-17)12-18-16(4,5)6/h15,18H,7-14H2,1-6H3. The number of nitrogens with one attached hydrogen (secondary N) is 1. The molecule has 1 aliphatic heterocycles. The van der Waals surface area contributed by atoms with Crippen LogP contribution in [0.25, 0.3) is 0 Å². The molecule has 0 radical (unpaired) electrons. The lowest BCUT2D eigenvalue weighted by Crippen LogP contribution is -2.52. The van der Waals surface area contributed by atoms with Crippen molar-refractivity contribution in [3.05, 3.63) is 0 Å². The van der Waals surface area contributed by atoms with Gasteiger partial charge in [0.15, 0.2) is 0 Å². The molecular weight excluding hydrogens is 248 g/mol. The molecule has 1 atom stereocenters. The van der Waals surface area contributed by atoms with Crippen molar-refractivity contribution >= 4 is 0 Å². The summed E-state index contributed by atoms with van der Waals surface area (Å²) in [5, 5.41) is 3.71. The summed E-state index contributed by atoms with van der Waals surface area (Å²) in [7, 11) is 0. The molecule has 1 heterocycles. The number of hydrogen-bond donors (Lipinski definition) is 1. The molecule has 3 heteroatoms. The molecule has 0 saturated carbocycles. The molecule has 1 aliphatic rings. The molecule has 0 aliphatic carbocycles. The van der Waals surface area contributed by atoms with Gasteiger partial charge in [-0.05, 0) is 46.1 Å². The Morgan fingerprint density at radius 1 is 1.30 bits per heavy atom. The second-order valence-corrected chi connectivity index (χ2v) is 7.98. The van der Waals surface area contributed by atoms with Crippen molar-refractivity contribution in [2.24, 2.45) is 11.3 Å². The van der Waals surface area contributed by atoms with Crippen LogP contribution in [-0.4, -0.2) is 49.8 Å². The smallest absolute Gasteiger partial charge is 0.0546 e. The Morgan fingerprint density at radius 3 is 2.45 bits per heavy atom. The average Bonchev–Trinajstić information content (AvgIpc) is 2.36. The van der Waals surface area contributed by atoms with Gasteiger partial charge in [0.2, 0.25) is 0 Å².